The van der Waals surface area contributed by atoms with Crippen LogP contribution in [0.15, 0.2) is 41.2 Å². The van der Waals surface area contributed by atoms with Crippen molar-refractivity contribution in [1.82, 2.24) is 19.7 Å². The number of aromatic amines is 1. The highest BCUT2D eigenvalue weighted by molar-refractivity contribution is 5.81. The minimum Gasteiger partial charge on any atom is -0.493 e. The number of fused-ring (bicyclic) bond motifs is 1. The monoisotopic (exact) mass is 434 g/mol. The van der Waals surface area contributed by atoms with Crippen molar-refractivity contribution in [2.24, 2.45) is 5.92 Å². The summed E-state index contributed by atoms with van der Waals surface area (Å²) in [5.74, 6) is 1.10. The van der Waals surface area contributed by atoms with E-state index in [1.54, 1.807) is 6.07 Å². The predicted octanol–water partition coefficient (Wildman–Crippen LogP) is 3.03. The minimum absolute atomic E-state index is 0.104. The topological polar surface area (TPSA) is 80.2 Å². The molecule has 2 fully saturated rings. The number of carbonyl (C=O) groups excluding carboxylic acids is 1. The molecule has 0 bridgehead atoms. The highest BCUT2D eigenvalue weighted by atomic mass is 19.1. The first-order chi connectivity index (χ1) is 15.6. The van der Waals surface area contributed by atoms with Crippen LogP contribution in [-0.4, -0.2) is 45.3 Å². The van der Waals surface area contributed by atoms with Crippen molar-refractivity contribution in [2.75, 3.05) is 19.7 Å². The van der Waals surface area contributed by atoms with Gasteiger partial charge in [-0.25, -0.2) is 18.9 Å². The van der Waals surface area contributed by atoms with Gasteiger partial charge in [0.15, 0.2) is 0 Å². The summed E-state index contributed by atoms with van der Waals surface area (Å²) in [6, 6.07) is 10.7. The number of benzene rings is 2. The van der Waals surface area contributed by atoms with E-state index in [0.29, 0.717) is 31.9 Å². The van der Waals surface area contributed by atoms with Crippen molar-refractivity contribution in [1.29, 1.82) is 0 Å². The number of nitrogens with one attached hydrogen (secondary N) is 1. The van der Waals surface area contributed by atoms with E-state index in [1.807, 2.05) is 29.2 Å². The molecule has 6 rings (SSSR count). The zero-order chi connectivity index (χ0) is 21.8. The van der Waals surface area contributed by atoms with E-state index in [4.69, 9.17) is 4.74 Å². The molecule has 3 aromatic rings. The maximum atomic E-state index is 15.2. The summed E-state index contributed by atoms with van der Waals surface area (Å²) in [5.41, 5.74) is 2.45. The molecule has 1 aliphatic carbocycles. The highest BCUT2D eigenvalue weighted by Gasteiger charge is 2.38. The Morgan fingerprint density at radius 2 is 1.94 bits per heavy atom. The van der Waals surface area contributed by atoms with Gasteiger partial charge >= 0.3 is 5.69 Å². The lowest BCUT2D eigenvalue weighted by Crippen LogP contribution is -2.30. The average Bonchev–Trinajstić information content (AvgIpc) is 3.18. The van der Waals surface area contributed by atoms with E-state index >= 15 is 4.39 Å². The van der Waals surface area contributed by atoms with E-state index in [1.165, 1.54) is 10.6 Å². The molecule has 1 saturated heterocycles. The first-order valence-electron chi connectivity index (χ1n) is 11.1. The second kappa shape index (κ2) is 7.32. The number of hydrogen-bond donors (Lipinski definition) is 1. The normalized spacial score (nSPS) is 19.8. The zero-order valence-electron chi connectivity index (χ0n) is 17.5. The molecule has 0 spiro atoms. The van der Waals surface area contributed by atoms with Gasteiger partial charge in [0.05, 0.1) is 12.3 Å². The molecule has 1 aromatic heterocycles. The lowest BCUT2D eigenvalue weighted by Gasteiger charge is -2.16. The van der Waals surface area contributed by atoms with Crippen LogP contribution < -0.4 is 10.4 Å². The first-order valence-corrected chi connectivity index (χ1v) is 11.1. The highest BCUT2D eigenvalue weighted by Crippen LogP contribution is 2.35. The minimum atomic E-state index is -0.493. The van der Waals surface area contributed by atoms with Gasteiger partial charge in [0.2, 0.25) is 5.91 Å². The number of nitrogens with zero attached hydrogens (tertiary/aromatic N) is 3. The van der Waals surface area contributed by atoms with E-state index in [-0.39, 0.29) is 23.4 Å². The number of hydrogen-bond acceptors (Lipinski definition) is 4. The lowest BCUT2D eigenvalue weighted by molar-refractivity contribution is -0.131. The van der Waals surface area contributed by atoms with E-state index in [0.717, 1.165) is 41.7 Å². The Balaban J connectivity index is 1.30. The van der Waals surface area contributed by atoms with Crippen LogP contribution in [0.4, 0.5) is 4.39 Å². The Bertz CT molecular complexity index is 1280. The van der Waals surface area contributed by atoms with Crippen LogP contribution in [0, 0.1) is 11.7 Å². The third kappa shape index (κ3) is 3.21. The van der Waals surface area contributed by atoms with Crippen LogP contribution in [0.1, 0.15) is 36.6 Å². The third-order valence-electron chi connectivity index (χ3n) is 6.70. The Morgan fingerprint density at radius 3 is 2.75 bits per heavy atom. The van der Waals surface area contributed by atoms with Gasteiger partial charge in [-0.15, -0.1) is 0 Å². The maximum Gasteiger partial charge on any atom is 0.348 e. The lowest BCUT2D eigenvalue weighted by atomic mass is 10.0. The van der Waals surface area contributed by atoms with E-state index in [9.17, 15) is 9.59 Å². The molecule has 3 heterocycles. The molecule has 1 amide bonds. The smallest absolute Gasteiger partial charge is 0.348 e. The molecule has 164 valence electrons. The summed E-state index contributed by atoms with van der Waals surface area (Å²) >= 11 is 0. The van der Waals surface area contributed by atoms with Crippen LogP contribution in [0.5, 0.6) is 5.75 Å². The van der Waals surface area contributed by atoms with Crippen molar-refractivity contribution in [2.45, 2.75) is 31.6 Å². The van der Waals surface area contributed by atoms with Gasteiger partial charge in [0, 0.05) is 31.3 Å². The largest absolute Gasteiger partial charge is 0.493 e. The van der Waals surface area contributed by atoms with Crippen molar-refractivity contribution >= 4 is 5.91 Å². The number of likely N-dealkylation sites (tertiary alicyclic amines) is 1. The summed E-state index contributed by atoms with van der Waals surface area (Å²) in [5, 5.41) is 6.66. The summed E-state index contributed by atoms with van der Waals surface area (Å²) in [6.45, 7) is 1.82. The van der Waals surface area contributed by atoms with Crippen LogP contribution in [0.2, 0.25) is 0 Å². The van der Waals surface area contributed by atoms with Gasteiger partial charge in [-0.3, -0.25) is 4.79 Å². The van der Waals surface area contributed by atoms with Gasteiger partial charge in [0.25, 0.3) is 0 Å². The maximum absolute atomic E-state index is 15.2. The molecule has 0 radical (unpaired) electrons. The first kappa shape index (κ1) is 19.3. The van der Waals surface area contributed by atoms with Crippen molar-refractivity contribution in [3.05, 3.63) is 64.1 Å². The number of H-pyrrole nitrogens is 1. The number of rotatable bonds is 4. The van der Waals surface area contributed by atoms with Crippen molar-refractivity contribution in [3.8, 4) is 22.6 Å². The van der Waals surface area contributed by atoms with Gasteiger partial charge in [-0.2, -0.15) is 5.10 Å². The number of ether oxygens (including phenoxy) is 1. The van der Waals surface area contributed by atoms with Crippen LogP contribution >= 0.6 is 0 Å². The van der Waals surface area contributed by atoms with Crippen molar-refractivity contribution < 1.29 is 13.9 Å². The Morgan fingerprint density at radius 1 is 1.12 bits per heavy atom. The number of carbonyl (C=O) groups is 1. The van der Waals surface area contributed by atoms with Gasteiger partial charge < -0.3 is 9.64 Å². The number of aromatic nitrogens is 3. The summed E-state index contributed by atoms with van der Waals surface area (Å²) < 4.78 is 22.1. The molecular formula is C24H23FN4O3. The number of halogens is 1. The second-order valence-electron chi connectivity index (χ2n) is 8.85. The fraction of sp³-hybridized carbons (Fsp3) is 0.375. The molecule has 32 heavy (non-hydrogen) atoms. The Hall–Kier alpha value is -3.42. The van der Waals surface area contributed by atoms with Crippen LogP contribution in [0.3, 0.4) is 0 Å². The quantitative estimate of drug-likeness (QED) is 0.685. The summed E-state index contributed by atoms with van der Waals surface area (Å²) in [7, 11) is 0. The molecule has 3 aliphatic rings. The molecule has 2 aliphatic heterocycles. The Labute approximate surface area is 183 Å². The molecular weight excluding hydrogens is 411 g/mol. The molecule has 2 aromatic carbocycles. The SMILES string of the molecule is O=C(C1CC1)N1CCC(c2n[nH]c(=O)n2-c2ccc(-c3ccc4c(c3)CCO4)cc2F)C1. The van der Waals surface area contributed by atoms with Gasteiger partial charge in [-0.05, 0) is 60.2 Å². The molecule has 1 unspecified atom stereocenters. The fourth-order valence-electron chi connectivity index (χ4n) is 4.81. The summed E-state index contributed by atoms with van der Waals surface area (Å²) in [6.07, 6.45) is 3.47. The standard InChI is InChI=1S/C24H23FN4O3/c25-19-12-16(15-4-6-21-17(11-15)8-10-32-21)3-5-20(19)29-22(26-27-24(29)31)18-7-9-28(13-18)23(30)14-1-2-14/h3-6,11-12,14,18H,1-2,7-10,13H2,(H,27,31). The molecule has 1 saturated carbocycles. The molecule has 1 N–H and O–H groups in total. The zero-order valence-corrected chi connectivity index (χ0v) is 17.5. The molecule has 7 nitrogen and oxygen atoms in total. The van der Waals surface area contributed by atoms with E-state index < -0.39 is 11.5 Å². The average molecular weight is 434 g/mol. The van der Waals surface area contributed by atoms with Crippen LogP contribution in [0.25, 0.3) is 16.8 Å². The van der Waals surface area contributed by atoms with Crippen molar-refractivity contribution in [3.63, 3.8) is 0 Å². The Kier molecular flexibility index (Phi) is 4.41. The third-order valence-corrected chi connectivity index (χ3v) is 6.70. The summed E-state index contributed by atoms with van der Waals surface area (Å²) in [4.78, 5) is 26.8. The van der Waals surface area contributed by atoms with E-state index in [2.05, 4.69) is 10.2 Å². The predicted molar refractivity (Wildman–Crippen MR) is 115 cm³/mol. The molecule has 8 heteroatoms. The fourth-order valence-corrected chi connectivity index (χ4v) is 4.81. The van der Waals surface area contributed by atoms with Gasteiger partial charge in [-0.1, -0.05) is 12.1 Å². The second-order valence-corrected chi connectivity index (χ2v) is 8.85. The van der Waals surface area contributed by atoms with Gasteiger partial charge in [0.1, 0.15) is 17.4 Å². The van der Waals surface area contributed by atoms with Crippen LogP contribution in [-0.2, 0) is 11.2 Å². The number of amides is 1. The molecule has 1 atom stereocenters.